The van der Waals surface area contributed by atoms with Gasteiger partial charge in [0.05, 0.1) is 12.7 Å². The van der Waals surface area contributed by atoms with Crippen LogP contribution in [0.2, 0.25) is 0 Å². The number of ether oxygens (including phenoxy) is 1. The number of hydrogen-bond donors (Lipinski definition) is 1. The quantitative estimate of drug-likeness (QED) is 0.647. The third kappa shape index (κ3) is 2.34. The molecule has 0 fully saturated rings. The van der Waals surface area contributed by atoms with Gasteiger partial charge in [-0.05, 0) is 17.7 Å². The Morgan fingerprint density at radius 3 is 2.41 bits per heavy atom. The third-order valence-electron chi connectivity index (χ3n) is 2.51. The summed E-state index contributed by atoms with van der Waals surface area (Å²) < 4.78 is 4.78. The minimum Gasteiger partial charge on any atom is -0.465 e. The van der Waals surface area contributed by atoms with Crippen LogP contribution in [0.25, 0.3) is 11.1 Å². The molecule has 2 aromatic carbocycles. The highest BCUT2D eigenvalue weighted by Gasteiger charge is 2.14. The van der Waals surface area contributed by atoms with Gasteiger partial charge in [-0.15, -0.1) is 12.6 Å². The van der Waals surface area contributed by atoms with Crippen molar-refractivity contribution in [2.75, 3.05) is 7.11 Å². The van der Waals surface area contributed by atoms with Crippen molar-refractivity contribution in [1.82, 2.24) is 0 Å². The van der Waals surface area contributed by atoms with Crippen LogP contribution in [-0.2, 0) is 4.74 Å². The molecule has 0 unspecified atom stereocenters. The smallest absolute Gasteiger partial charge is 0.338 e. The van der Waals surface area contributed by atoms with Crippen molar-refractivity contribution < 1.29 is 9.53 Å². The fourth-order valence-corrected chi connectivity index (χ4v) is 2.06. The van der Waals surface area contributed by atoms with Crippen LogP contribution in [0.4, 0.5) is 0 Å². The Kier molecular flexibility index (Phi) is 3.49. The van der Waals surface area contributed by atoms with Gasteiger partial charge < -0.3 is 4.74 Å². The van der Waals surface area contributed by atoms with Gasteiger partial charge in [0.15, 0.2) is 0 Å². The van der Waals surface area contributed by atoms with Crippen LogP contribution in [0.5, 0.6) is 0 Å². The lowest BCUT2D eigenvalue weighted by atomic mass is 10.00. The van der Waals surface area contributed by atoms with E-state index >= 15 is 0 Å². The Hall–Kier alpha value is -1.74. The molecule has 0 radical (unpaired) electrons. The second kappa shape index (κ2) is 5.06. The highest BCUT2D eigenvalue weighted by molar-refractivity contribution is 7.80. The molecular formula is C14H12O2S. The molecule has 0 N–H and O–H groups in total. The molecule has 3 heteroatoms. The van der Waals surface area contributed by atoms with Crippen LogP contribution in [0.15, 0.2) is 53.4 Å². The molecule has 0 spiro atoms. The second-order valence-electron chi connectivity index (χ2n) is 3.56. The lowest BCUT2D eigenvalue weighted by Gasteiger charge is -2.10. The summed E-state index contributed by atoms with van der Waals surface area (Å²) >= 11 is 4.40. The first kappa shape index (κ1) is 11.7. The molecule has 0 amide bonds. The van der Waals surface area contributed by atoms with E-state index in [1.54, 1.807) is 12.1 Å². The van der Waals surface area contributed by atoms with Gasteiger partial charge in [0.25, 0.3) is 0 Å². The predicted octanol–water partition coefficient (Wildman–Crippen LogP) is 3.43. The zero-order valence-electron chi connectivity index (χ0n) is 9.38. The fraction of sp³-hybridized carbons (Fsp3) is 0.0714. The molecular weight excluding hydrogens is 232 g/mol. The zero-order valence-corrected chi connectivity index (χ0v) is 10.3. The van der Waals surface area contributed by atoms with E-state index in [1.807, 2.05) is 36.4 Å². The summed E-state index contributed by atoms with van der Waals surface area (Å²) in [5.74, 6) is -0.347. The first-order chi connectivity index (χ1) is 8.24. The average Bonchev–Trinajstić information content (AvgIpc) is 2.38. The third-order valence-corrected chi connectivity index (χ3v) is 2.88. The molecule has 0 heterocycles. The zero-order chi connectivity index (χ0) is 12.3. The van der Waals surface area contributed by atoms with Crippen LogP contribution in [0.1, 0.15) is 10.4 Å². The maximum Gasteiger partial charge on any atom is 0.338 e. The van der Waals surface area contributed by atoms with Gasteiger partial charge in [0.1, 0.15) is 0 Å². The van der Waals surface area contributed by atoms with Gasteiger partial charge in [-0.25, -0.2) is 4.79 Å². The van der Waals surface area contributed by atoms with Crippen LogP contribution in [0.3, 0.4) is 0 Å². The van der Waals surface area contributed by atoms with E-state index in [1.165, 1.54) is 7.11 Å². The van der Waals surface area contributed by atoms with Crippen molar-refractivity contribution in [2.24, 2.45) is 0 Å². The number of methoxy groups -OCH3 is 1. The summed E-state index contributed by atoms with van der Waals surface area (Å²) in [5, 5.41) is 0. The van der Waals surface area contributed by atoms with E-state index < -0.39 is 0 Å². The van der Waals surface area contributed by atoms with E-state index in [2.05, 4.69) is 12.6 Å². The maximum atomic E-state index is 11.7. The van der Waals surface area contributed by atoms with Crippen molar-refractivity contribution in [3.63, 3.8) is 0 Å². The number of rotatable bonds is 2. The highest BCUT2D eigenvalue weighted by Crippen LogP contribution is 2.30. The Balaban J connectivity index is 2.64. The molecule has 0 aliphatic heterocycles. The molecule has 0 atom stereocenters. The molecule has 2 aromatic rings. The number of carbonyl (C=O) groups excluding carboxylic acids is 1. The monoisotopic (exact) mass is 244 g/mol. The summed E-state index contributed by atoms with van der Waals surface area (Å²) in [7, 11) is 1.38. The minimum atomic E-state index is -0.347. The van der Waals surface area contributed by atoms with E-state index in [9.17, 15) is 4.79 Å². The predicted molar refractivity (Wildman–Crippen MR) is 70.5 cm³/mol. The summed E-state index contributed by atoms with van der Waals surface area (Å²) in [6.07, 6.45) is 0. The van der Waals surface area contributed by atoms with Crippen LogP contribution < -0.4 is 0 Å². The molecule has 0 aromatic heterocycles. The first-order valence-electron chi connectivity index (χ1n) is 5.19. The molecule has 0 aliphatic carbocycles. The van der Waals surface area contributed by atoms with Gasteiger partial charge in [-0.2, -0.15) is 0 Å². The fourth-order valence-electron chi connectivity index (χ4n) is 1.73. The SMILES string of the molecule is COC(=O)c1cccc(S)c1-c1ccccc1. The number of hydrogen-bond acceptors (Lipinski definition) is 3. The molecule has 2 rings (SSSR count). The lowest BCUT2D eigenvalue weighted by molar-refractivity contribution is 0.0601. The highest BCUT2D eigenvalue weighted by atomic mass is 32.1. The van der Waals surface area contributed by atoms with Gasteiger partial charge in [-0.1, -0.05) is 36.4 Å². The molecule has 86 valence electrons. The topological polar surface area (TPSA) is 26.3 Å². The lowest BCUT2D eigenvalue weighted by Crippen LogP contribution is -2.03. The number of carbonyl (C=O) groups is 1. The summed E-state index contributed by atoms with van der Waals surface area (Å²) in [5.41, 5.74) is 2.30. The van der Waals surface area contributed by atoms with Crippen LogP contribution >= 0.6 is 12.6 Å². The van der Waals surface area contributed by atoms with Gasteiger partial charge in [0, 0.05) is 10.5 Å². The summed E-state index contributed by atoms with van der Waals surface area (Å²) in [6, 6.07) is 15.1. The maximum absolute atomic E-state index is 11.7. The Labute approximate surface area is 106 Å². The van der Waals surface area contributed by atoms with Crippen molar-refractivity contribution in [1.29, 1.82) is 0 Å². The molecule has 2 nitrogen and oxygen atoms in total. The summed E-state index contributed by atoms with van der Waals surface area (Å²) in [6.45, 7) is 0. The Morgan fingerprint density at radius 1 is 1.06 bits per heavy atom. The van der Waals surface area contributed by atoms with E-state index in [4.69, 9.17) is 4.74 Å². The normalized spacial score (nSPS) is 10.0. The number of thiol groups is 1. The number of benzene rings is 2. The Bertz CT molecular complexity index is 535. The summed E-state index contributed by atoms with van der Waals surface area (Å²) in [4.78, 5) is 12.5. The van der Waals surface area contributed by atoms with Crippen molar-refractivity contribution in [3.05, 3.63) is 54.1 Å². The first-order valence-corrected chi connectivity index (χ1v) is 5.64. The van der Waals surface area contributed by atoms with E-state index in [0.717, 1.165) is 16.0 Å². The minimum absolute atomic E-state index is 0.347. The molecule has 0 bridgehead atoms. The molecule has 0 saturated carbocycles. The number of esters is 1. The largest absolute Gasteiger partial charge is 0.465 e. The van der Waals surface area contributed by atoms with Crippen molar-refractivity contribution in [2.45, 2.75) is 4.90 Å². The standard InChI is InChI=1S/C14H12O2S/c1-16-14(15)11-8-5-9-12(17)13(11)10-6-3-2-4-7-10/h2-9,17H,1H3. The Morgan fingerprint density at radius 2 is 1.76 bits per heavy atom. The molecule has 0 aliphatic rings. The van der Waals surface area contributed by atoms with Crippen molar-refractivity contribution >= 4 is 18.6 Å². The van der Waals surface area contributed by atoms with Gasteiger partial charge in [0.2, 0.25) is 0 Å². The van der Waals surface area contributed by atoms with Crippen molar-refractivity contribution in [3.8, 4) is 11.1 Å². The van der Waals surface area contributed by atoms with E-state index in [0.29, 0.717) is 5.56 Å². The molecule has 0 saturated heterocycles. The second-order valence-corrected chi connectivity index (χ2v) is 4.04. The van der Waals surface area contributed by atoms with Crippen LogP contribution in [-0.4, -0.2) is 13.1 Å². The average molecular weight is 244 g/mol. The van der Waals surface area contributed by atoms with Crippen LogP contribution in [0, 0.1) is 0 Å². The van der Waals surface area contributed by atoms with Gasteiger partial charge in [-0.3, -0.25) is 0 Å². The van der Waals surface area contributed by atoms with E-state index in [-0.39, 0.29) is 5.97 Å². The molecule has 17 heavy (non-hydrogen) atoms. The van der Waals surface area contributed by atoms with Gasteiger partial charge >= 0.3 is 5.97 Å².